The summed E-state index contributed by atoms with van der Waals surface area (Å²) in [5, 5.41) is 6.01. The number of alkyl halides is 1. The lowest BCUT2D eigenvalue weighted by Gasteiger charge is -2.36. The summed E-state index contributed by atoms with van der Waals surface area (Å²) in [5.41, 5.74) is -0.578. The molecule has 6 nitrogen and oxygen atoms in total. The zero-order chi connectivity index (χ0) is 17.9. The highest BCUT2D eigenvalue weighted by atomic mass is 35.5. The molecule has 2 aromatic heterocycles. The molecule has 3 rings (SSSR count). The molecule has 25 heavy (non-hydrogen) atoms. The molecule has 1 saturated heterocycles. The van der Waals surface area contributed by atoms with Crippen molar-refractivity contribution in [2.45, 2.75) is 5.54 Å². The molecule has 1 aliphatic heterocycles. The Kier molecular flexibility index (Phi) is 5.22. The first kappa shape index (κ1) is 17.7. The van der Waals surface area contributed by atoms with E-state index in [1.165, 1.54) is 12.3 Å². The molecule has 0 aromatic carbocycles. The molecule has 1 aliphatic rings. The molecule has 1 amide bonds. The standard InChI is InChI=1S/C16H14ClFN4O2S/c17-10-4-5-11(19-6-10)15(23)21-13-3-1-2-12(20-13)16(8-18)9-24-7-14(25)22-16/h1-6H,7-9H2,(H,22,25)(H,20,21,23). The van der Waals surface area contributed by atoms with Crippen molar-refractivity contribution in [1.82, 2.24) is 15.3 Å². The monoisotopic (exact) mass is 380 g/mol. The van der Waals surface area contributed by atoms with Crippen molar-refractivity contribution in [1.29, 1.82) is 0 Å². The molecule has 0 bridgehead atoms. The first-order valence-electron chi connectivity index (χ1n) is 7.37. The van der Waals surface area contributed by atoms with Crippen molar-refractivity contribution in [3.8, 4) is 0 Å². The Bertz CT molecular complexity index is 805. The van der Waals surface area contributed by atoms with E-state index in [-0.39, 0.29) is 24.7 Å². The molecule has 1 fully saturated rings. The smallest absolute Gasteiger partial charge is 0.275 e. The van der Waals surface area contributed by atoms with Crippen LogP contribution < -0.4 is 10.6 Å². The van der Waals surface area contributed by atoms with E-state index in [0.717, 1.165) is 0 Å². The van der Waals surface area contributed by atoms with Crippen molar-refractivity contribution in [3.63, 3.8) is 0 Å². The lowest BCUT2D eigenvalue weighted by atomic mass is 9.96. The summed E-state index contributed by atoms with van der Waals surface area (Å²) in [6.07, 6.45) is 1.38. The predicted octanol–water partition coefficient (Wildman–Crippen LogP) is 2.49. The molecule has 1 unspecified atom stereocenters. The molecule has 0 spiro atoms. The van der Waals surface area contributed by atoms with Crippen LogP contribution in [0, 0.1) is 0 Å². The Morgan fingerprint density at radius 1 is 1.44 bits per heavy atom. The Morgan fingerprint density at radius 3 is 2.96 bits per heavy atom. The molecular weight excluding hydrogens is 367 g/mol. The number of carbonyl (C=O) groups is 1. The molecule has 2 aromatic rings. The molecule has 1 atom stereocenters. The summed E-state index contributed by atoms with van der Waals surface area (Å²) in [5.74, 6) is -0.177. The van der Waals surface area contributed by atoms with Crippen molar-refractivity contribution < 1.29 is 13.9 Å². The Morgan fingerprint density at radius 2 is 2.28 bits per heavy atom. The zero-order valence-electron chi connectivity index (χ0n) is 13.0. The molecule has 0 saturated carbocycles. The fourth-order valence-electron chi connectivity index (χ4n) is 2.40. The van der Waals surface area contributed by atoms with Gasteiger partial charge in [0.05, 0.1) is 23.9 Å². The van der Waals surface area contributed by atoms with Gasteiger partial charge in [0.25, 0.3) is 5.91 Å². The predicted molar refractivity (Wildman–Crippen MR) is 95.6 cm³/mol. The van der Waals surface area contributed by atoms with Gasteiger partial charge >= 0.3 is 0 Å². The SMILES string of the molecule is O=C(Nc1cccc(C2(CF)COCC(=S)N2)n1)c1ccc(Cl)cn1. The number of pyridine rings is 2. The van der Waals surface area contributed by atoms with Crippen LogP contribution in [-0.4, -0.2) is 40.8 Å². The van der Waals surface area contributed by atoms with E-state index < -0.39 is 18.1 Å². The second-order valence-corrected chi connectivity index (χ2v) is 6.41. The van der Waals surface area contributed by atoms with Gasteiger partial charge in [-0.15, -0.1) is 0 Å². The van der Waals surface area contributed by atoms with Gasteiger partial charge in [0, 0.05) is 6.20 Å². The van der Waals surface area contributed by atoms with Gasteiger partial charge in [-0.2, -0.15) is 0 Å². The highest BCUT2D eigenvalue weighted by Crippen LogP contribution is 2.25. The van der Waals surface area contributed by atoms with Crippen molar-refractivity contribution >= 4 is 40.5 Å². The number of ether oxygens (including phenoxy) is 1. The van der Waals surface area contributed by atoms with E-state index in [0.29, 0.717) is 15.7 Å². The van der Waals surface area contributed by atoms with Crippen molar-refractivity contribution in [2.75, 3.05) is 25.2 Å². The van der Waals surface area contributed by atoms with Gasteiger partial charge in [-0.05, 0) is 24.3 Å². The van der Waals surface area contributed by atoms with Crippen LogP contribution in [0.3, 0.4) is 0 Å². The van der Waals surface area contributed by atoms with E-state index >= 15 is 0 Å². The molecule has 0 radical (unpaired) electrons. The maximum absolute atomic E-state index is 13.7. The normalized spacial score (nSPS) is 20.0. The molecule has 130 valence electrons. The summed E-state index contributed by atoms with van der Waals surface area (Å²) in [7, 11) is 0. The Hall–Kier alpha value is -2.16. The summed E-state index contributed by atoms with van der Waals surface area (Å²) < 4.78 is 19.1. The van der Waals surface area contributed by atoms with Gasteiger partial charge in [-0.25, -0.2) is 14.4 Å². The Labute approximate surface area is 153 Å². The fraction of sp³-hybridized carbons (Fsp3) is 0.250. The van der Waals surface area contributed by atoms with Crippen LogP contribution in [0.4, 0.5) is 10.2 Å². The number of hydrogen-bond donors (Lipinski definition) is 2. The van der Waals surface area contributed by atoms with Gasteiger partial charge in [-0.1, -0.05) is 29.9 Å². The van der Waals surface area contributed by atoms with Crippen LogP contribution in [-0.2, 0) is 10.3 Å². The van der Waals surface area contributed by atoms with E-state index in [1.807, 2.05) is 0 Å². The first-order valence-corrected chi connectivity index (χ1v) is 8.16. The molecule has 2 N–H and O–H groups in total. The number of anilines is 1. The van der Waals surface area contributed by atoms with E-state index in [4.69, 9.17) is 28.6 Å². The highest BCUT2D eigenvalue weighted by molar-refractivity contribution is 7.80. The van der Waals surface area contributed by atoms with Gasteiger partial charge in [0.1, 0.15) is 28.7 Å². The number of nitrogens with zero attached hydrogens (tertiary/aromatic N) is 2. The molecule has 9 heteroatoms. The minimum Gasteiger partial charge on any atom is -0.371 e. The number of amides is 1. The first-order chi connectivity index (χ1) is 12.0. The topological polar surface area (TPSA) is 76.1 Å². The van der Waals surface area contributed by atoms with Gasteiger partial charge in [-0.3, -0.25) is 4.79 Å². The number of morpholine rings is 1. The maximum Gasteiger partial charge on any atom is 0.275 e. The van der Waals surface area contributed by atoms with Crippen LogP contribution in [0.15, 0.2) is 36.5 Å². The van der Waals surface area contributed by atoms with Crippen LogP contribution >= 0.6 is 23.8 Å². The highest BCUT2D eigenvalue weighted by Gasteiger charge is 2.38. The number of halogens is 2. The third kappa shape index (κ3) is 3.92. The van der Waals surface area contributed by atoms with E-state index in [9.17, 15) is 9.18 Å². The molecule has 0 aliphatic carbocycles. The second-order valence-electron chi connectivity index (χ2n) is 5.48. The van der Waals surface area contributed by atoms with Crippen molar-refractivity contribution in [3.05, 3.63) is 52.9 Å². The number of rotatable bonds is 4. The van der Waals surface area contributed by atoms with E-state index in [2.05, 4.69) is 20.6 Å². The minimum atomic E-state index is -1.16. The number of aromatic nitrogens is 2. The molecule has 3 heterocycles. The summed E-state index contributed by atoms with van der Waals surface area (Å²) in [6.45, 7) is -0.418. The average Bonchev–Trinajstić information content (AvgIpc) is 2.62. The number of hydrogen-bond acceptors (Lipinski definition) is 5. The minimum absolute atomic E-state index is 0.0901. The van der Waals surface area contributed by atoms with Gasteiger partial charge in [0.15, 0.2) is 0 Å². The largest absolute Gasteiger partial charge is 0.371 e. The van der Waals surface area contributed by atoms with Crippen LogP contribution in [0.1, 0.15) is 16.2 Å². The van der Waals surface area contributed by atoms with Gasteiger partial charge in [0.2, 0.25) is 0 Å². The summed E-state index contributed by atoms with van der Waals surface area (Å²) in [6, 6.07) is 7.99. The van der Waals surface area contributed by atoms with Crippen LogP contribution in [0.5, 0.6) is 0 Å². The second kappa shape index (κ2) is 7.38. The quantitative estimate of drug-likeness (QED) is 0.794. The fourth-order valence-corrected chi connectivity index (χ4v) is 2.79. The van der Waals surface area contributed by atoms with Crippen LogP contribution in [0.2, 0.25) is 5.02 Å². The van der Waals surface area contributed by atoms with Crippen LogP contribution in [0.25, 0.3) is 0 Å². The Balaban J connectivity index is 1.82. The average molecular weight is 381 g/mol. The van der Waals surface area contributed by atoms with Crippen molar-refractivity contribution in [2.24, 2.45) is 0 Å². The van der Waals surface area contributed by atoms with E-state index in [1.54, 1.807) is 24.3 Å². The lowest BCUT2D eigenvalue weighted by Crippen LogP contribution is -2.56. The zero-order valence-corrected chi connectivity index (χ0v) is 14.5. The number of carbonyl (C=O) groups excluding carboxylic acids is 1. The number of nitrogens with one attached hydrogen (secondary N) is 2. The molecular formula is C16H14ClFN4O2S. The third-order valence-corrected chi connectivity index (χ3v) is 4.07. The summed E-state index contributed by atoms with van der Waals surface area (Å²) in [4.78, 5) is 20.9. The van der Waals surface area contributed by atoms with Gasteiger partial charge < -0.3 is 15.4 Å². The third-order valence-electron chi connectivity index (χ3n) is 3.63. The maximum atomic E-state index is 13.7. The summed E-state index contributed by atoms with van der Waals surface area (Å²) >= 11 is 10.8. The number of thiocarbonyl (C=S) groups is 1. The lowest BCUT2D eigenvalue weighted by molar-refractivity contribution is 0.0610.